The van der Waals surface area contributed by atoms with Crippen LogP contribution in [0.25, 0.3) is 0 Å². The zero-order chi connectivity index (χ0) is 16.5. The van der Waals surface area contributed by atoms with Crippen molar-refractivity contribution in [3.63, 3.8) is 0 Å². The van der Waals surface area contributed by atoms with Crippen LogP contribution in [0.15, 0.2) is 21.9 Å². The van der Waals surface area contributed by atoms with Gasteiger partial charge in [-0.25, -0.2) is 10.1 Å². The van der Waals surface area contributed by atoms with Gasteiger partial charge in [-0.3, -0.25) is 19.4 Å². The zero-order valence-corrected chi connectivity index (χ0v) is 12.8. The molecule has 0 aromatic carbocycles. The van der Waals surface area contributed by atoms with Gasteiger partial charge in [0.1, 0.15) is 0 Å². The Bertz CT molecular complexity index is 719. The number of hydroxylamine groups is 2. The number of carbonyl (C=O) groups is 1. The molecule has 0 saturated carbocycles. The van der Waals surface area contributed by atoms with E-state index in [-0.39, 0.29) is 17.5 Å². The van der Waals surface area contributed by atoms with Gasteiger partial charge < -0.3 is 11.1 Å². The first-order chi connectivity index (χ1) is 10.2. The van der Waals surface area contributed by atoms with Gasteiger partial charge in [0.25, 0.3) is 11.5 Å². The summed E-state index contributed by atoms with van der Waals surface area (Å²) in [6.07, 6.45) is 2.85. The number of carbonyl (C=O) groups excluding carboxylic acids is 1. The lowest BCUT2D eigenvalue weighted by Gasteiger charge is -2.31. The average Bonchev–Trinajstić information content (AvgIpc) is 2.43. The van der Waals surface area contributed by atoms with Gasteiger partial charge in [-0.05, 0) is 19.9 Å². The van der Waals surface area contributed by atoms with Crippen molar-refractivity contribution in [1.82, 2.24) is 15.0 Å². The number of nitrogens with one attached hydrogen (secondary N) is 2. The molecule has 1 amide bonds. The van der Waals surface area contributed by atoms with Gasteiger partial charge in [0, 0.05) is 13.1 Å². The quantitative estimate of drug-likeness (QED) is 0.541. The molecule has 22 heavy (non-hydrogen) atoms. The van der Waals surface area contributed by atoms with E-state index in [1.165, 1.54) is 26.3 Å². The number of H-pyrrole nitrogens is 1. The van der Waals surface area contributed by atoms with Crippen molar-refractivity contribution in [2.45, 2.75) is 19.4 Å². The van der Waals surface area contributed by atoms with Gasteiger partial charge >= 0.3 is 0 Å². The maximum absolute atomic E-state index is 11.9. The first-order valence-electron chi connectivity index (χ1n) is 6.51. The van der Waals surface area contributed by atoms with E-state index in [4.69, 9.17) is 10.6 Å². The Kier molecular flexibility index (Phi) is 4.00. The van der Waals surface area contributed by atoms with Gasteiger partial charge in [-0.2, -0.15) is 4.98 Å². The summed E-state index contributed by atoms with van der Waals surface area (Å²) >= 11 is 0. The third-order valence-electron chi connectivity index (χ3n) is 3.18. The van der Waals surface area contributed by atoms with Crippen molar-refractivity contribution < 1.29 is 9.63 Å². The van der Waals surface area contributed by atoms with Gasteiger partial charge in [0.15, 0.2) is 11.5 Å². The largest absolute Gasteiger partial charge is 0.369 e. The molecule has 0 bridgehead atoms. The number of anilines is 2. The highest BCUT2D eigenvalue weighted by atomic mass is 16.7. The molecular formula is C13H18N6O3. The van der Waals surface area contributed by atoms with Crippen LogP contribution in [-0.4, -0.2) is 46.3 Å². The Morgan fingerprint density at radius 3 is 2.77 bits per heavy atom. The summed E-state index contributed by atoms with van der Waals surface area (Å²) in [5.41, 5.74) is 5.08. The highest BCUT2D eigenvalue weighted by Gasteiger charge is 2.30. The normalized spacial score (nSPS) is 15.9. The number of nitrogens with two attached hydrogens (primary N) is 1. The van der Waals surface area contributed by atoms with E-state index < -0.39 is 11.1 Å². The van der Waals surface area contributed by atoms with Gasteiger partial charge in [-0.15, -0.1) is 0 Å². The number of nitrogen functional groups attached to an aromatic ring is 1. The third-order valence-corrected chi connectivity index (χ3v) is 3.18. The average molecular weight is 306 g/mol. The number of fused-ring (bicyclic) bond motifs is 1. The van der Waals surface area contributed by atoms with Crippen LogP contribution in [0.4, 0.5) is 17.5 Å². The van der Waals surface area contributed by atoms with Crippen LogP contribution in [0, 0.1) is 0 Å². The van der Waals surface area contributed by atoms with Gasteiger partial charge in [-0.1, -0.05) is 0 Å². The minimum absolute atomic E-state index is 0.0122. The second-order valence-electron chi connectivity index (χ2n) is 5.25. The highest BCUT2D eigenvalue weighted by Crippen LogP contribution is 2.29. The van der Waals surface area contributed by atoms with Crippen LogP contribution in [0.2, 0.25) is 0 Å². The van der Waals surface area contributed by atoms with Gasteiger partial charge in [0.2, 0.25) is 5.95 Å². The predicted molar refractivity (Wildman–Crippen MR) is 83.0 cm³/mol. The number of amides is 1. The first kappa shape index (κ1) is 15.7. The number of aromatic amines is 1. The van der Waals surface area contributed by atoms with Crippen molar-refractivity contribution >= 4 is 29.1 Å². The number of aromatic nitrogens is 2. The maximum atomic E-state index is 11.9. The second kappa shape index (κ2) is 5.60. The molecule has 1 aromatic rings. The highest BCUT2D eigenvalue weighted by molar-refractivity contribution is 6.10. The van der Waals surface area contributed by atoms with Crippen LogP contribution < -0.4 is 16.6 Å². The fourth-order valence-corrected chi connectivity index (χ4v) is 1.89. The molecule has 2 heterocycles. The number of nitrogens with zero attached hydrogens (tertiary/aromatic N) is 3. The SMILES string of the molecule is CON(C)C(=O)/C=C/C1=Nc2c(nc(N)[nH]c2=O)NC1(C)C. The monoisotopic (exact) mass is 306 g/mol. The lowest BCUT2D eigenvalue weighted by Crippen LogP contribution is -2.42. The molecule has 0 radical (unpaired) electrons. The van der Waals surface area contributed by atoms with E-state index in [0.717, 1.165) is 5.06 Å². The molecule has 2 rings (SSSR count). The predicted octanol–water partition coefficient (Wildman–Crippen LogP) is 0.205. The minimum Gasteiger partial charge on any atom is -0.369 e. The standard InChI is InChI=1S/C13H18N6O3/c1-13(2)7(5-6-8(20)19(3)22-4)15-9-10(18-13)16-12(14)17-11(9)21/h5-6H,1-4H3,(H4,14,16,17,18,21)/b6-5+. The molecule has 0 saturated heterocycles. The molecule has 0 atom stereocenters. The van der Waals surface area contributed by atoms with Crippen LogP contribution in [0.3, 0.4) is 0 Å². The summed E-state index contributed by atoms with van der Waals surface area (Å²) in [5.74, 6) is -0.0296. The fourth-order valence-electron chi connectivity index (χ4n) is 1.89. The smallest absolute Gasteiger partial charge is 0.280 e. The van der Waals surface area contributed by atoms with Crippen molar-refractivity contribution in [3.8, 4) is 0 Å². The van der Waals surface area contributed by atoms with Gasteiger partial charge in [0.05, 0.1) is 18.4 Å². The second-order valence-corrected chi connectivity index (χ2v) is 5.25. The lowest BCUT2D eigenvalue weighted by atomic mass is 9.95. The minimum atomic E-state index is -0.622. The molecule has 0 unspecified atom stereocenters. The molecule has 1 aliphatic heterocycles. The maximum Gasteiger partial charge on any atom is 0.280 e. The summed E-state index contributed by atoms with van der Waals surface area (Å²) in [7, 11) is 2.88. The van der Waals surface area contributed by atoms with Crippen LogP contribution in [0.5, 0.6) is 0 Å². The molecule has 1 aliphatic rings. The molecule has 0 aliphatic carbocycles. The van der Waals surface area contributed by atoms with Crippen LogP contribution >= 0.6 is 0 Å². The molecule has 0 fully saturated rings. The molecule has 1 aromatic heterocycles. The molecule has 4 N–H and O–H groups in total. The number of likely N-dealkylation sites (N-methyl/N-ethyl adjacent to an activating group) is 1. The first-order valence-corrected chi connectivity index (χ1v) is 6.51. The molecule has 0 spiro atoms. The van der Waals surface area contributed by atoms with E-state index in [1.807, 2.05) is 13.8 Å². The number of hydrogen-bond donors (Lipinski definition) is 3. The number of hydrogen-bond acceptors (Lipinski definition) is 7. The van der Waals surface area contributed by atoms with E-state index in [9.17, 15) is 9.59 Å². The Balaban J connectivity index is 2.42. The summed E-state index contributed by atoms with van der Waals surface area (Å²) in [6.45, 7) is 3.70. The summed E-state index contributed by atoms with van der Waals surface area (Å²) < 4.78 is 0. The topological polar surface area (TPSA) is 126 Å². The molecule has 118 valence electrons. The lowest BCUT2D eigenvalue weighted by molar-refractivity contribution is -0.162. The number of rotatable bonds is 3. The van der Waals surface area contributed by atoms with E-state index >= 15 is 0 Å². The van der Waals surface area contributed by atoms with E-state index in [2.05, 4.69) is 20.3 Å². The van der Waals surface area contributed by atoms with Crippen molar-refractivity contribution in [1.29, 1.82) is 0 Å². The van der Waals surface area contributed by atoms with E-state index in [0.29, 0.717) is 11.5 Å². The Morgan fingerprint density at radius 1 is 1.45 bits per heavy atom. The fraction of sp³-hybridized carbons (Fsp3) is 0.385. The summed E-state index contributed by atoms with van der Waals surface area (Å²) in [4.78, 5) is 39.1. The Labute approximate surface area is 126 Å². The molecular weight excluding hydrogens is 288 g/mol. The summed E-state index contributed by atoms with van der Waals surface area (Å²) in [6, 6.07) is 0. The molecule has 9 heteroatoms. The van der Waals surface area contributed by atoms with Crippen molar-refractivity contribution in [3.05, 3.63) is 22.5 Å². The Morgan fingerprint density at radius 2 is 2.14 bits per heavy atom. The molecule has 9 nitrogen and oxygen atoms in total. The van der Waals surface area contributed by atoms with Crippen molar-refractivity contribution in [2.24, 2.45) is 4.99 Å². The van der Waals surface area contributed by atoms with E-state index in [1.54, 1.807) is 0 Å². The Hall–Kier alpha value is -2.68. The zero-order valence-electron chi connectivity index (χ0n) is 12.8. The van der Waals surface area contributed by atoms with Crippen molar-refractivity contribution in [2.75, 3.05) is 25.2 Å². The van der Waals surface area contributed by atoms with Crippen LogP contribution in [-0.2, 0) is 9.63 Å². The number of aliphatic imine (C=N–C) groups is 1. The third kappa shape index (κ3) is 2.98. The summed E-state index contributed by atoms with van der Waals surface area (Å²) in [5, 5.41) is 4.16. The van der Waals surface area contributed by atoms with Crippen LogP contribution in [0.1, 0.15) is 13.8 Å².